The van der Waals surface area contributed by atoms with Crippen LogP contribution in [0.25, 0.3) is 0 Å². The predicted octanol–water partition coefficient (Wildman–Crippen LogP) is 0.244. The molecule has 0 aliphatic carbocycles. The van der Waals surface area contributed by atoms with Crippen LogP contribution in [0.15, 0.2) is 0 Å². The van der Waals surface area contributed by atoms with Gasteiger partial charge in [-0.3, -0.25) is 4.90 Å². The Morgan fingerprint density at radius 3 is 2.50 bits per heavy atom. The molecule has 12 heavy (non-hydrogen) atoms. The molecule has 0 aromatic rings. The Morgan fingerprint density at radius 1 is 1.58 bits per heavy atom. The molecular weight excluding hydrogens is 199 g/mol. The largest absolute Gasteiger partial charge is 0.392 e. The maximum absolute atomic E-state index is 9.02. The van der Waals surface area contributed by atoms with Gasteiger partial charge in [0.2, 0.25) is 0 Å². The quantitative estimate of drug-likeness (QED) is 0.696. The van der Waals surface area contributed by atoms with Gasteiger partial charge in [0.05, 0.1) is 6.10 Å². The van der Waals surface area contributed by atoms with Crippen LogP contribution >= 0.6 is 24.8 Å². The summed E-state index contributed by atoms with van der Waals surface area (Å²) in [6.07, 6.45) is 0.859. The van der Waals surface area contributed by atoms with Crippen molar-refractivity contribution in [1.82, 2.24) is 4.90 Å². The van der Waals surface area contributed by atoms with Crippen LogP contribution in [0.3, 0.4) is 0 Å². The number of hydrogen-bond donors (Lipinski definition) is 2. The third-order valence-corrected chi connectivity index (χ3v) is 1.83. The number of likely N-dealkylation sites (tertiary alicyclic amines) is 1. The summed E-state index contributed by atoms with van der Waals surface area (Å²) in [6, 6.07) is 0.332. The summed E-state index contributed by atoms with van der Waals surface area (Å²) in [5.74, 6) is 0. The van der Waals surface area contributed by atoms with Crippen molar-refractivity contribution in [3.63, 3.8) is 0 Å². The van der Waals surface area contributed by atoms with E-state index in [-0.39, 0.29) is 30.9 Å². The first kappa shape index (κ1) is 15.0. The third kappa shape index (κ3) is 5.17. The third-order valence-electron chi connectivity index (χ3n) is 1.83. The van der Waals surface area contributed by atoms with Crippen LogP contribution in [0.5, 0.6) is 0 Å². The second-order valence-electron chi connectivity index (χ2n) is 3.16. The predicted molar refractivity (Wildman–Crippen MR) is 55.2 cm³/mol. The molecule has 76 valence electrons. The van der Waals surface area contributed by atoms with E-state index in [0.29, 0.717) is 6.04 Å². The van der Waals surface area contributed by atoms with Crippen molar-refractivity contribution in [3.8, 4) is 0 Å². The van der Waals surface area contributed by atoms with Crippen LogP contribution in [0.4, 0.5) is 0 Å². The Balaban J connectivity index is 0. The fraction of sp³-hybridized carbons (Fsp3) is 1.00. The summed E-state index contributed by atoms with van der Waals surface area (Å²) in [7, 11) is 0. The van der Waals surface area contributed by atoms with Gasteiger partial charge in [-0.1, -0.05) is 0 Å². The second kappa shape index (κ2) is 6.92. The molecule has 0 radical (unpaired) electrons. The van der Waals surface area contributed by atoms with Crippen molar-refractivity contribution in [1.29, 1.82) is 0 Å². The fourth-order valence-corrected chi connectivity index (χ4v) is 1.40. The fourth-order valence-electron chi connectivity index (χ4n) is 1.40. The van der Waals surface area contributed by atoms with E-state index in [0.717, 1.165) is 26.1 Å². The highest BCUT2D eigenvalue weighted by molar-refractivity contribution is 5.85. The Hall–Kier alpha value is 0.460. The molecular formula is C7H18Cl2N2O. The molecule has 0 aromatic heterocycles. The van der Waals surface area contributed by atoms with E-state index in [1.807, 2.05) is 6.92 Å². The number of rotatable bonds is 2. The highest BCUT2D eigenvalue weighted by Gasteiger charge is 2.19. The number of nitrogens with two attached hydrogens (primary N) is 1. The van der Waals surface area contributed by atoms with E-state index in [1.165, 1.54) is 0 Å². The van der Waals surface area contributed by atoms with Crippen molar-refractivity contribution in [2.24, 2.45) is 5.73 Å². The van der Waals surface area contributed by atoms with Gasteiger partial charge >= 0.3 is 0 Å². The van der Waals surface area contributed by atoms with E-state index < -0.39 is 0 Å². The molecule has 1 unspecified atom stereocenters. The molecule has 1 aliphatic heterocycles. The minimum Gasteiger partial charge on any atom is -0.392 e. The van der Waals surface area contributed by atoms with E-state index in [1.54, 1.807) is 0 Å². The van der Waals surface area contributed by atoms with Gasteiger partial charge in [-0.05, 0) is 19.9 Å². The molecule has 1 fully saturated rings. The average Bonchev–Trinajstić information content (AvgIpc) is 2.13. The number of halogens is 2. The summed E-state index contributed by atoms with van der Waals surface area (Å²) >= 11 is 0. The molecule has 0 saturated carbocycles. The zero-order chi connectivity index (χ0) is 7.56. The van der Waals surface area contributed by atoms with Gasteiger partial charge < -0.3 is 10.8 Å². The molecule has 5 heteroatoms. The van der Waals surface area contributed by atoms with E-state index in [9.17, 15) is 0 Å². The highest BCUT2D eigenvalue weighted by atomic mass is 35.5. The maximum atomic E-state index is 9.02. The minimum absolute atomic E-state index is 0. The van der Waals surface area contributed by atoms with Crippen molar-refractivity contribution >= 4 is 24.8 Å². The van der Waals surface area contributed by atoms with Crippen LogP contribution in [0.2, 0.25) is 0 Å². The maximum Gasteiger partial charge on any atom is 0.0639 e. The number of aliphatic hydroxyl groups is 1. The Bertz CT molecular complexity index is 114. The summed E-state index contributed by atoms with van der Waals surface area (Å²) in [5.41, 5.74) is 5.68. The Labute approximate surface area is 86.1 Å². The lowest BCUT2D eigenvalue weighted by Crippen LogP contribution is -2.31. The smallest absolute Gasteiger partial charge is 0.0639 e. The first-order valence-electron chi connectivity index (χ1n) is 3.84. The number of aliphatic hydroxyl groups excluding tert-OH is 1. The van der Waals surface area contributed by atoms with Crippen LogP contribution in [0, 0.1) is 0 Å². The van der Waals surface area contributed by atoms with Crippen molar-refractivity contribution in [3.05, 3.63) is 0 Å². The molecule has 1 aliphatic rings. The Morgan fingerprint density at radius 2 is 2.17 bits per heavy atom. The molecule has 3 nitrogen and oxygen atoms in total. The zero-order valence-corrected chi connectivity index (χ0v) is 8.90. The van der Waals surface area contributed by atoms with Gasteiger partial charge in [0.15, 0.2) is 0 Å². The second-order valence-corrected chi connectivity index (χ2v) is 3.16. The zero-order valence-electron chi connectivity index (χ0n) is 7.27. The molecule has 2 atom stereocenters. The van der Waals surface area contributed by atoms with Crippen molar-refractivity contribution < 1.29 is 5.11 Å². The molecule has 3 N–H and O–H groups in total. The number of β-amino-alcohol motifs (C(OH)–C–C–N with tert-alkyl or cyclic N) is 1. The highest BCUT2D eigenvalue weighted by Crippen LogP contribution is 2.06. The van der Waals surface area contributed by atoms with Crippen LogP contribution < -0.4 is 5.73 Å². The molecule has 1 saturated heterocycles. The summed E-state index contributed by atoms with van der Waals surface area (Å²) in [4.78, 5) is 2.20. The van der Waals surface area contributed by atoms with Gasteiger partial charge in [0, 0.05) is 19.1 Å². The summed E-state index contributed by atoms with van der Waals surface area (Å²) in [6.45, 7) is 4.58. The summed E-state index contributed by atoms with van der Waals surface area (Å²) in [5, 5.41) is 9.02. The molecule has 1 heterocycles. The lowest BCUT2D eigenvalue weighted by atomic mass is 10.3. The van der Waals surface area contributed by atoms with Crippen molar-refractivity contribution in [2.45, 2.75) is 25.5 Å². The van der Waals surface area contributed by atoms with Crippen LogP contribution in [-0.2, 0) is 0 Å². The van der Waals surface area contributed by atoms with E-state index >= 15 is 0 Å². The van der Waals surface area contributed by atoms with Gasteiger partial charge in [0.1, 0.15) is 0 Å². The van der Waals surface area contributed by atoms with Crippen molar-refractivity contribution in [2.75, 3.05) is 19.6 Å². The SMILES string of the molecule is CC(O)CN1CC[C@@H](N)C1.Cl.Cl. The van der Waals surface area contributed by atoms with Crippen LogP contribution in [-0.4, -0.2) is 41.8 Å². The topological polar surface area (TPSA) is 49.5 Å². The van der Waals surface area contributed by atoms with Gasteiger partial charge in [-0.15, -0.1) is 24.8 Å². The lowest BCUT2D eigenvalue weighted by molar-refractivity contribution is 0.140. The molecule has 0 aromatic carbocycles. The van der Waals surface area contributed by atoms with Gasteiger partial charge in [-0.25, -0.2) is 0 Å². The monoisotopic (exact) mass is 216 g/mol. The number of hydrogen-bond acceptors (Lipinski definition) is 3. The van der Waals surface area contributed by atoms with E-state index in [4.69, 9.17) is 10.8 Å². The molecule has 1 rings (SSSR count). The van der Waals surface area contributed by atoms with Gasteiger partial charge in [0.25, 0.3) is 0 Å². The van der Waals surface area contributed by atoms with E-state index in [2.05, 4.69) is 4.90 Å². The average molecular weight is 217 g/mol. The first-order valence-corrected chi connectivity index (χ1v) is 3.84. The standard InChI is InChI=1S/C7H16N2O.2ClH/c1-6(10)4-9-3-2-7(8)5-9;;/h6-7,10H,2-5,8H2,1H3;2*1H/t6?,7-;;/m1../s1. The minimum atomic E-state index is -0.217. The molecule has 0 bridgehead atoms. The Kier molecular flexibility index (Phi) is 8.63. The number of nitrogens with zero attached hydrogens (tertiary/aromatic N) is 1. The van der Waals surface area contributed by atoms with Crippen LogP contribution in [0.1, 0.15) is 13.3 Å². The molecule has 0 spiro atoms. The van der Waals surface area contributed by atoms with Gasteiger partial charge in [-0.2, -0.15) is 0 Å². The first-order chi connectivity index (χ1) is 4.68. The normalized spacial score (nSPS) is 25.8. The lowest BCUT2D eigenvalue weighted by Gasteiger charge is -2.16. The summed E-state index contributed by atoms with van der Waals surface area (Å²) < 4.78 is 0. The molecule has 0 amide bonds.